The van der Waals surface area contributed by atoms with Gasteiger partial charge < -0.3 is 0 Å². The first-order valence-electron chi connectivity index (χ1n) is 4.56. The predicted octanol–water partition coefficient (Wildman–Crippen LogP) is 2.00. The zero-order valence-corrected chi connectivity index (χ0v) is 8.75. The molecule has 0 aromatic rings. The van der Waals surface area contributed by atoms with Crippen molar-refractivity contribution in [1.29, 1.82) is 0 Å². The molecular weight excluding hydrogens is 166 g/mol. The van der Waals surface area contributed by atoms with Crippen LogP contribution in [-0.2, 0) is 9.63 Å². The fourth-order valence-corrected chi connectivity index (χ4v) is 1.09. The average Bonchev–Trinajstić information content (AvgIpc) is 2.15. The van der Waals surface area contributed by atoms with Gasteiger partial charge in [0, 0.05) is 13.0 Å². The van der Waals surface area contributed by atoms with E-state index in [1.807, 2.05) is 13.0 Å². The normalized spacial score (nSPS) is 12.2. The Balaban J connectivity index is 3.75. The number of amides is 1. The van der Waals surface area contributed by atoms with E-state index in [4.69, 9.17) is 4.84 Å². The van der Waals surface area contributed by atoms with Gasteiger partial charge in [-0.2, -0.15) is 0 Å². The van der Waals surface area contributed by atoms with Gasteiger partial charge in [0.2, 0.25) is 5.91 Å². The second-order valence-corrected chi connectivity index (χ2v) is 3.14. The highest BCUT2D eigenvalue weighted by Gasteiger charge is 2.16. The minimum Gasteiger partial charge on any atom is -0.275 e. The third-order valence-electron chi connectivity index (χ3n) is 2.05. The summed E-state index contributed by atoms with van der Waals surface area (Å²) in [5, 5.41) is 1.28. The molecule has 0 aliphatic rings. The van der Waals surface area contributed by atoms with Crippen molar-refractivity contribution >= 4 is 5.91 Å². The summed E-state index contributed by atoms with van der Waals surface area (Å²) in [5.41, 5.74) is 0. The van der Waals surface area contributed by atoms with Crippen molar-refractivity contribution in [3.05, 3.63) is 12.7 Å². The van der Waals surface area contributed by atoms with Crippen LogP contribution in [0.15, 0.2) is 12.7 Å². The summed E-state index contributed by atoms with van der Waals surface area (Å²) in [6.45, 7) is 5.55. The van der Waals surface area contributed by atoms with Crippen LogP contribution in [0.2, 0.25) is 0 Å². The van der Waals surface area contributed by atoms with Crippen molar-refractivity contribution in [3.63, 3.8) is 0 Å². The number of rotatable bonds is 6. The maximum Gasteiger partial charge on any atom is 0.248 e. The van der Waals surface area contributed by atoms with Gasteiger partial charge in [-0.1, -0.05) is 13.0 Å². The molecule has 0 saturated carbocycles. The van der Waals surface area contributed by atoms with Gasteiger partial charge in [0.25, 0.3) is 0 Å². The van der Waals surface area contributed by atoms with Crippen LogP contribution < -0.4 is 0 Å². The lowest BCUT2D eigenvalue weighted by molar-refractivity contribution is -0.173. The molecule has 0 saturated heterocycles. The van der Waals surface area contributed by atoms with E-state index in [1.54, 1.807) is 7.05 Å². The van der Waals surface area contributed by atoms with Gasteiger partial charge in [-0.05, 0) is 19.3 Å². The molecule has 0 radical (unpaired) electrons. The molecule has 0 bridgehead atoms. The Labute approximate surface area is 80.3 Å². The number of hydrogen-bond donors (Lipinski definition) is 0. The summed E-state index contributed by atoms with van der Waals surface area (Å²) >= 11 is 0. The fourth-order valence-electron chi connectivity index (χ4n) is 1.09. The lowest BCUT2D eigenvalue weighted by Gasteiger charge is -2.18. The standard InChI is InChI=1S/C10H19NO2/c1-5-6-7-8-9(2)10(12)11(3)13-4/h5,9H,1,6-8H2,2-4H3/t9-/m0/s1. The number of allylic oxidation sites excluding steroid dienone is 1. The van der Waals surface area contributed by atoms with Gasteiger partial charge in [-0.15, -0.1) is 6.58 Å². The highest BCUT2D eigenvalue weighted by molar-refractivity contribution is 5.77. The average molecular weight is 185 g/mol. The smallest absolute Gasteiger partial charge is 0.248 e. The summed E-state index contributed by atoms with van der Waals surface area (Å²) in [7, 11) is 3.13. The second-order valence-electron chi connectivity index (χ2n) is 3.14. The number of nitrogens with zero attached hydrogens (tertiary/aromatic N) is 1. The molecule has 0 rings (SSSR count). The molecule has 0 unspecified atom stereocenters. The van der Waals surface area contributed by atoms with E-state index in [2.05, 4.69) is 6.58 Å². The van der Waals surface area contributed by atoms with Crippen LogP contribution in [0.1, 0.15) is 26.2 Å². The van der Waals surface area contributed by atoms with Crippen LogP contribution in [-0.4, -0.2) is 25.1 Å². The molecule has 13 heavy (non-hydrogen) atoms. The maximum absolute atomic E-state index is 11.4. The van der Waals surface area contributed by atoms with Crippen molar-refractivity contribution < 1.29 is 9.63 Å². The monoisotopic (exact) mass is 185 g/mol. The number of unbranched alkanes of at least 4 members (excludes halogenated alkanes) is 1. The topological polar surface area (TPSA) is 29.5 Å². The van der Waals surface area contributed by atoms with Crippen LogP contribution in [0.4, 0.5) is 0 Å². The van der Waals surface area contributed by atoms with E-state index in [9.17, 15) is 4.79 Å². The molecule has 76 valence electrons. The van der Waals surface area contributed by atoms with Crippen molar-refractivity contribution in [2.75, 3.05) is 14.2 Å². The molecular formula is C10H19NO2. The van der Waals surface area contributed by atoms with Crippen molar-refractivity contribution in [3.8, 4) is 0 Å². The summed E-state index contributed by atoms with van der Waals surface area (Å²) in [6.07, 6.45) is 4.73. The first-order valence-corrected chi connectivity index (χ1v) is 4.56. The van der Waals surface area contributed by atoms with E-state index >= 15 is 0 Å². The Hall–Kier alpha value is -0.830. The largest absolute Gasteiger partial charge is 0.275 e. The van der Waals surface area contributed by atoms with Gasteiger partial charge in [0.05, 0.1) is 7.11 Å². The van der Waals surface area contributed by atoms with Crippen molar-refractivity contribution in [2.45, 2.75) is 26.2 Å². The minimum absolute atomic E-state index is 0.0323. The molecule has 3 heteroatoms. The van der Waals surface area contributed by atoms with E-state index in [0.29, 0.717) is 0 Å². The van der Waals surface area contributed by atoms with Crippen LogP contribution in [0.3, 0.4) is 0 Å². The van der Waals surface area contributed by atoms with Gasteiger partial charge in [0.15, 0.2) is 0 Å². The molecule has 0 spiro atoms. The highest BCUT2D eigenvalue weighted by atomic mass is 16.7. The van der Waals surface area contributed by atoms with E-state index in [1.165, 1.54) is 12.2 Å². The van der Waals surface area contributed by atoms with E-state index in [-0.39, 0.29) is 11.8 Å². The zero-order valence-electron chi connectivity index (χ0n) is 8.75. The third-order valence-corrected chi connectivity index (χ3v) is 2.05. The predicted molar refractivity (Wildman–Crippen MR) is 53.0 cm³/mol. The Bertz CT molecular complexity index is 168. The van der Waals surface area contributed by atoms with Gasteiger partial charge >= 0.3 is 0 Å². The van der Waals surface area contributed by atoms with Gasteiger partial charge in [-0.3, -0.25) is 9.63 Å². The van der Waals surface area contributed by atoms with Crippen LogP contribution >= 0.6 is 0 Å². The van der Waals surface area contributed by atoms with E-state index < -0.39 is 0 Å². The van der Waals surface area contributed by atoms with Crippen LogP contribution in [0.5, 0.6) is 0 Å². The van der Waals surface area contributed by atoms with E-state index in [0.717, 1.165) is 19.3 Å². The van der Waals surface area contributed by atoms with Gasteiger partial charge in [-0.25, -0.2) is 5.06 Å². The number of carbonyl (C=O) groups excluding carboxylic acids is 1. The molecule has 1 amide bonds. The summed E-state index contributed by atoms with van der Waals surface area (Å²) in [4.78, 5) is 16.2. The molecule has 0 aliphatic heterocycles. The molecule has 1 atom stereocenters. The lowest BCUT2D eigenvalue weighted by atomic mass is 10.0. The second kappa shape index (κ2) is 6.66. The molecule has 0 aromatic carbocycles. The molecule has 0 aliphatic carbocycles. The number of carbonyl (C=O) groups is 1. The fraction of sp³-hybridized carbons (Fsp3) is 0.700. The van der Waals surface area contributed by atoms with Crippen molar-refractivity contribution in [1.82, 2.24) is 5.06 Å². The minimum atomic E-state index is 0.0323. The first kappa shape index (κ1) is 12.2. The van der Waals surface area contributed by atoms with Crippen LogP contribution in [0, 0.1) is 5.92 Å². The van der Waals surface area contributed by atoms with Crippen molar-refractivity contribution in [2.24, 2.45) is 5.92 Å². The SMILES string of the molecule is C=CCCC[C@H](C)C(=O)N(C)OC. The third kappa shape index (κ3) is 4.68. The highest BCUT2D eigenvalue weighted by Crippen LogP contribution is 2.10. The summed E-state index contributed by atoms with van der Waals surface area (Å²) < 4.78 is 0. The molecule has 0 N–H and O–H groups in total. The molecule has 0 aromatic heterocycles. The Morgan fingerprint density at radius 1 is 1.69 bits per heavy atom. The van der Waals surface area contributed by atoms with Crippen LogP contribution in [0.25, 0.3) is 0 Å². The van der Waals surface area contributed by atoms with Gasteiger partial charge in [0.1, 0.15) is 0 Å². The Kier molecular flexibility index (Phi) is 6.24. The molecule has 0 fully saturated rings. The molecule has 0 heterocycles. The summed E-state index contributed by atoms with van der Waals surface area (Å²) in [5.74, 6) is 0.0662. The number of hydrogen-bond acceptors (Lipinski definition) is 2. The quantitative estimate of drug-likeness (QED) is 0.360. The Morgan fingerprint density at radius 3 is 2.77 bits per heavy atom. The number of hydroxylamine groups is 2. The lowest BCUT2D eigenvalue weighted by Crippen LogP contribution is -2.30. The Morgan fingerprint density at radius 2 is 2.31 bits per heavy atom. The summed E-state index contributed by atoms with van der Waals surface area (Å²) in [6, 6.07) is 0. The molecule has 3 nitrogen and oxygen atoms in total. The zero-order chi connectivity index (χ0) is 10.3. The maximum atomic E-state index is 11.4. The first-order chi connectivity index (χ1) is 6.13.